The molecule has 196 valence electrons. The standard InChI is InChI=1S/C27H34F2N4O3.H2/c1-8-17(16-32(5)6)20-12-18-10-9-11-33(22(18)15-21(20)25(28)29)24-14-19(35-7)13-23(30-24)31-26(34)36-27(2,3)4;/h8,12-16,25H,1,9-11H2,2-7H3,(H,30,31,34);1H/b17-16+;. The number of anilines is 3. The lowest BCUT2D eigenvalue weighted by molar-refractivity contribution is 0.0635. The van der Waals surface area contributed by atoms with Crippen molar-refractivity contribution >= 4 is 29.0 Å². The van der Waals surface area contributed by atoms with Crippen molar-refractivity contribution in [3.05, 3.63) is 59.8 Å². The van der Waals surface area contributed by atoms with Gasteiger partial charge >= 0.3 is 6.09 Å². The third kappa shape index (κ3) is 6.53. The van der Waals surface area contributed by atoms with E-state index in [2.05, 4.69) is 16.9 Å². The van der Waals surface area contributed by atoms with Crippen LogP contribution in [0, 0.1) is 0 Å². The fraction of sp³-hybridized carbons (Fsp3) is 0.407. The Kier molecular flexibility index (Phi) is 8.22. The topological polar surface area (TPSA) is 66.9 Å². The number of amides is 1. The number of ether oxygens (including phenoxy) is 2. The van der Waals surface area contributed by atoms with E-state index in [1.54, 1.807) is 50.1 Å². The molecule has 2 aromatic rings. The van der Waals surface area contributed by atoms with E-state index in [0.29, 0.717) is 34.9 Å². The number of methoxy groups -OCH3 is 1. The molecule has 1 aliphatic rings. The SMILES string of the molecule is C=C/C(=C\N(C)C)c1cc2c(cc1C(F)F)N(c1cc(OC)cc(NC(=O)OC(C)(C)C)n1)CCC2.[HH]. The normalized spacial score (nSPS) is 13.8. The molecule has 0 atom stereocenters. The Balaban J connectivity index is 0.00000481. The molecule has 1 aliphatic heterocycles. The lowest BCUT2D eigenvalue weighted by Crippen LogP contribution is -2.28. The number of allylic oxidation sites excluding steroid dienone is 2. The van der Waals surface area contributed by atoms with E-state index in [1.165, 1.54) is 13.2 Å². The van der Waals surface area contributed by atoms with Gasteiger partial charge in [-0.2, -0.15) is 0 Å². The lowest BCUT2D eigenvalue weighted by Gasteiger charge is -2.32. The van der Waals surface area contributed by atoms with Crippen molar-refractivity contribution in [2.24, 2.45) is 0 Å². The third-order valence-corrected chi connectivity index (χ3v) is 5.46. The fourth-order valence-electron chi connectivity index (χ4n) is 4.05. The predicted molar refractivity (Wildman–Crippen MR) is 141 cm³/mol. The van der Waals surface area contributed by atoms with Crippen molar-refractivity contribution in [3.8, 4) is 5.75 Å². The molecule has 0 bridgehead atoms. The third-order valence-electron chi connectivity index (χ3n) is 5.46. The largest absolute Gasteiger partial charge is 0.496 e. The first-order chi connectivity index (χ1) is 16.9. The van der Waals surface area contributed by atoms with Crippen molar-refractivity contribution < 1.29 is 24.5 Å². The average Bonchev–Trinajstić information content (AvgIpc) is 2.79. The van der Waals surface area contributed by atoms with Gasteiger partial charge in [-0.25, -0.2) is 18.6 Å². The average molecular weight is 503 g/mol. The first kappa shape index (κ1) is 27.0. The molecule has 36 heavy (non-hydrogen) atoms. The summed E-state index contributed by atoms with van der Waals surface area (Å²) in [4.78, 5) is 20.6. The molecule has 0 radical (unpaired) electrons. The van der Waals surface area contributed by atoms with Crippen molar-refractivity contribution in [1.82, 2.24) is 9.88 Å². The van der Waals surface area contributed by atoms with Gasteiger partial charge in [-0.05, 0) is 62.4 Å². The molecule has 3 rings (SSSR count). The van der Waals surface area contributed by atoms with Crippen LogP contribution in [-0.4, -0.2) is 49.3 Å². The number of nitrogens with zero attached hydrogens (tertiary/aromatic N) is 3. The maximum absolute atomic E-state index is 14.2. The summed E-state index contributed by atoms with van der Waals surface area (Å²) in [5, 5.41) is 2.63. The van der Waals surface area contributed by atoms with E-state index < -0.39 is 18.1 Å². The second kappa shape index (κ2) is 11.0. The molecule has 0 spiro atoms. The van der Waals surface area contributed by atoms with Gasteiger partial charge in [-0.15, -0.1) is 0 Å². The van der Waals surface area contributed by atoms with Gasteiger partial charge in [0.15, 0.2) is 0 Å². The smallest absolute Gasteiger partial charge is 0.413 e. The molecule has 1 aromatic carbocycles. The van der Waals surface area contributed by atoms with Gasteiger partial charge in [0.1, 0.15) is 23.0 Å². The van der Waals surface area contributed by atoms with E-state index >= 15 is 0 Å². The Morgan fingerprint density at radius 3 is 2.58 bits per heavy atom. The van der Waals surface area contributed by atoms with Crippen LogP contribution in [0.1, 0.15) is 51.7 Å². The minimum absolute atomic E-state index is 0. The molecule has 0 saturated heterocycles. The Morgan fingerprint density at radius 2 is 2.00 bits per heavy atom. The van der Waals surface area contributed by atoms with Gasteiger partial charge in [0, 0.05) is 51.7 Å². The van der Waals surface area contributed by atoms with Gasteiger partial charge in [0.05, 0.1) is 7.11 Å². The minimum atomic E-state index is -2.68. The highest BCUT2D eigenvalue weighted by Crippen LogP contribution is 2.40. The van der Waals surface area contributed by atoms with Crippen LogP contribution in [0.15, 0.2) is 43.1 Å². The number of halogens is 2. The molecule has 0 unspecified atom stereocenters. The Labute approximate surface area is 212 Å². The van der Waals surface area contributed by atoms with Gasteiger partial charge in [0.25, 0.3) is 6.43 Å². The number of benzene rings is 1. The molecule has 7 nitrogen and oxygen atoms in total. The second-order valence-corrected chi connectivity index (χ2v) is 9.75. The lowest BCUT2D eigenvalue weighted by atomic mass is 9.92. The van der Waals surface area contributed by atoms with Crippen LogP contribution < -0.4 is 15.0 Å². The van der Waals surface area contributed by atoms with Crippen LogP contribution in [0.25, 0.3) is 5.57 Å². The molecule has 0 fully saturated rings. The summed E-state index contributed by atoms with van der Waals surface area (Å²) in [6, 6.07) is 6.64. The highest BCUT2D eigenvalue weighted by molar-refractivity contribution is 5.85. The van der Waals surface area contributed by atoms with Crippen LogP contribution in [0.5, 0.6) is 5.75 Å². The highest BCUT2D eigenvalue weighted by atomic mass is 19.3. The summed E-state index contributed by atoms with van der Waals surface area (Å²) < 4.78 is 39.2. The van der Waals surface area contributed by atoms with E-state index in [-0.39, 0.29) is 12.8 Å². The maximum Gasteiger partial charge on any atom is 0.413 e. The summed E-state index contributed by atoms with van der Waals surface area (Å²) in [5.41, 5.74) is 1.91. The monoisotopic (exact) mass is 502 g/mol. The van der Waals surface area contributed by atoms with Crippen molar-refractivity contribution in [2.75, 3.05) is 38.0 Å². The number of aryl methyl sites for hydroxylation is 1. The van der Waals surface area contributed by atoms with E-state index in [1.807, 2.05) is 25.1 Å². The zero-order valence-electron chi connectivity index (χ0n) is 21.7. The maximum atomic E-state index is 14.2. The number of carbonyl (C=O) groups is 1. The zero-order chi connectivity index (χ0) is 26.6. The van der Waals surface area contributed by atoms with Crippen molar-refractivity contribution in [2.45, 2.75) is 45.6 Å². The summed E-state index contributed by atoms with van der Waals surface area (Å²) in [6.07, 6.45) is 1.58. The number of hydrogen-bond acceptors (Lipinski definition) is 6. The van der Waals surface area contributed by atoms with Crippen LogP contribution in [0.2, 0.25) is 0 Å². The number of fused-ring (bicyclic) bond motifs is 1. The highest BCUT2D eigenvalue weighted by Gasteiger charge is 2.26. The molecule has 2 heterocycles. The molecule has 1 aromatic heterocycles. The summed E-state index contributed by atoms with van der Waals surface area (Å²) in [5.74, 6) is 1.17. The molecular weight excluding hydrogens is 466 g/mol. The van der Waals surface area contributed by atoms with Crippen molar-refractivity contribution in [3.63, 3.8) is 0 Å². The van der Waals surface area contributed by atoms with Crippen molar-refractivity contribution in [1.29, 1.82) is 0 Å². The molecule has 0 aliphatic carbocycles. The number of rotatable bonds is 7. The zero-order valence-corrected chi connectivity index (χ0v) is 21.7. The van der Waals surface area contributed by atoms with Gasteiger partial charge in [-0.3, -0.25) is 5.32 Å². The Morgan fingerprint density at radius 1 is 1.28 bits per heavy atom. The number of carbonyl (C=O) groups excluding carboxylic acids is 1. The molecule has 1 amide bonds. The van der Waals surface area contributed by atoms with Crippen LogP contribution in [-0.2, 0) is 11.2 Å². The number of pyridine rings is 1. The minimum Gasteiger partial charge on any atom is -0.496 e. The summed E-state index contributed by atoms with van der Waals surface area (Å²) in [6.45, 7) is 9.69. The van der Waals surface area contributed by atoms with Gasteiger partial charge in [0.2, 0.25) is 0 Å². The van der Waals surface area contributed by atoms with Gasteiger partial charge < -0.3 is 19.3 Å². The van der Waals surface area contributed by atoms with Crippen LogP contribution >= 0.6 is 0 Å². The van der Waals surface area contributed by atoms with Crippen LogP contribution in [0.3, 0.4) is 0 Å². The second-order valence-electron chi connectivity index (χ2n) is 9.75. The first-order valence-electron chi connectivity index (χ1n) is 11.7. The van der Waals surface area contributed by atoms with Gasteiger partial charge in [-0.1, -0.05) is 12.7 Å². The van der Waals surface area contributed by atoms with E-state index in [9.17, 15) is 13.6 Å². The number of hydrogen-bond donors (Lipinski definition) is 1. The van der Waals surface area contributed by atoms with E-state index in [0.717, 1.165) is 18.4 Å². The number of alkyl halides is 2. The molecular formula is C27H36F2N4O3. The summed E-state index contributed by atoms with van der Waals surface area (Å²) >= 11 is 0. The Hall–Kier alpha value is -3.62. The molecule has 0 saturated carbocycles. The summed E-state index contributed by atoms with van der Waals surface area (Å²) in [7, 11) is 5.18. The molecule has 9 heteroatoms. The molecule has 1 N–H and O–H groups in total. The Bertz CT molecular complexity index is 1160. The first-order valence-corrected chi connectivity index (χ1v) is 11.7. The number of aromatic nitrogens is 1. The number of nitrogens with one attached hydrogen (secondary N) is 1. The predicted octanol–water partition coefficient (Wildman–Crippen LogP) is 6.79. The van der Waals surface area contributed by atoms with Crippen LogP contribution in [0.4, 0.5) is 30.9 Å². The van der Waals surface area contributed by atoms with E-state index in [4.69, 9.17) is 9.47 Å². The fourth-order valence-corrected chi connectivity index (χ4v) is 4.05. The quantitative estimate of drug-likeness (QED) is 0.420.